The Balaban J connectivity index is 1.29. The van der Waals surface area contributed by atoms with E-state index in [9.17, 15) is 4.79 Å². The Kier molecular flexibility index (Phi) is 6.50. The van der Waals surface area contributed by atoms with E-state index in [2.05, 4.69) is 37.4 Å². The molecule has 1 saturated heterocycles. The molecular weight excluding hydrogens is 400 g/mol. The predicted octanol–water partition coefficient (Wildman–Crippen LogP) is 3.96. The largest absolute Gasteiger partial charge is 0.477 e. The van der Waals surface area contributed by atoms with Crippen molar-refractivity contribution in [3.8, 4) is 16.5 Å². The first-order chi connectivity index (χ1) is 14.7. The topological polar surface area (TPSA) is 92.3 Å². The highest BCUT2D eigenvalue weighted by atomic mass is 32.1. The number of anilines is 2. The minimum Gasteiger partial charge on any atom is -0.477 e. The van der Waals surface area contributed by atoms with Crippen LogP contribution in [0.25, 0.3) is 10.6 Å². The Bertz CT molecular complexity index is 980. The molecule has 0 radical (unpaired) electrons. The molecule has 3 aromatic heterocycles. The maximum atomic E-state index is 12.3. The third-order valence-electron chi connectivity index (χ3n) is 4.92. The van der Waals surface area contributed by atoms with Gasteiger partial charge in [0.05, 0.1) is 6.61 Å². The van der Waals surface area contributed by atoms with E-state index in [1.54, 1.807) is 29.9 Å². The van der Waals surface area contributed by atoms with E-state index in [1.807, 2.05) is 18.2 Å². The van der Waals surface area contributed by atoms with Crippen molar-refractivity contribution in [1.29, 1.82) is 0 Å². The Hall–Kier alpha value is -3.04. The Morgan fingerprint density at radius 1 is 1.20 bits per heavy atom. The van der Waals surface area contributed by atoms with Gasteiger partial charge in [0.2, 0.25) is 5.88 Å². The van der Waals surface area contributed by atoms with Crippen molar-refractivity contribution in [3.63, 3.8) is 0 Å². The maximum Gasteiger partial charge on any atom is 0.326 e. The van der Waals surface area contributed by atoms with Crippen LogP contribution in [0.5, 0.6) is 5.88 Å². The van der Waals surface area contributed by atoms with Crippen LogP contribution in [0.1, 0.15) is 13.3 Å². The number of hydrogen-bond donors (Lipinski definition) is 2. The average molecular weight is 425 g/mol. The van der Waals surface area contributed by atoms with E-state index < -0.39 is 6.03 Å². The maximum absolute atomic E-state index is 12.3. The molecular formula is C21H24N6O2S. The van der Waals surface area contributed by atoms with Crippen LogP contribution in [0.4, 0.5) is 16.4 Å². The number of likely N-dealkylation sites (tertiary alicyclic amines) is 1. The zero-order chi connectivity index (χ0) is 20.8. The molecule has 30 heavy (non-hydrogen) atoms. The van der Waals surface area contributed by atoms with E-state index in [4.69, 9.17) is 4.74 Å². The van der Waals surface area contributed by atoms with Crippen LogP contribution in [-0.4, -0.2) is 52.1 Å². The molecule has 2 N–H and O–H groups in total. The number of amides is 2. The lowest BCUT2D eigenvalue weighted by Gasteiger charge is -2.14. The van der Waals surface area contributed by atoms with E-state index in [1.165, 1.54) is 11.3 Å². The number of aromatic nitrogens is 3. The molecule has 0 spiro atoms. The predicted molar refractivity (Wildman–Crippen MR) is 118 cm³/mol. The summed E-state index contributed by atoms with van der Waals surface area (Å²) in [7, 11) is 0. The van der Waals surface area contributed by atoms with Crippen LogP contribution in [0, 0.1) is 5.92 Å². The number of thiazole rings is 1. The second kappa shape index (κ2) is 9.64. The fourth-order valence-corrected chi connectivity index (χ4v) is 4.08. The fourth-order valence-electron chi connectivity index (χ4n) is 3.33. The normalized spacial score (nSPS) is 16.4. The molecule has 3 aromatic rings. The number of hydrogen-bond acceptors (Lipinski definition) is 7. The van der Waals surface area contributed by atoms with E-state index in [0.29, 0.717) is 30.0 Å². The van der Waals surface area contributed by atoms with Gasteiger partial charge in [0.1, 0.15) is 16.6 Å². The van der Waals surface area contributed by atoms with Gasteiger partial charge >= 0.3 is 6.03 Å². The van der Waals surface area contributed by atoms with Gasteiger partial charge in [-0.05, 0) is 37.7 Å². The van der Waals surface area contributed by atoms with Crippen molar-refractivity contribution in [2.45, 2.75) is 13.3 Å². The van der Waals surface area contributed by atoms with Gasteiger partial charge in [-0.3, -0.25) is 15.6 Å². The molecule has 1 aliphatic rings. The molecule has 0 saturated carbocycles. The average Bonchev–Trinajstić information content (AvgIpc) is 3.42. The quantitative estimate of drug-likeness (QED) is 0.596. The van der Waals surface area contributed by atoms with Gasteiger partial charge in [-0.1, -0.05) is 13.0 Å². The molecule has 1 atom stereocenters. The number of carbonyl (C=O) groups is 1. The van der Waals surface area contributed by atoms with Crippen molar-refractivity contribution in [2.24, 2.45) is 5.92 Å². The SMILES string of the molecule is CCN1CCC(COc2cccc(NC(=O)Nc3csc(-c4ccncc4)n3)n2)C1. The van der Waals surface area contributed by atoms with Gasteiger partial charge in [0, 0.05) is 41.9 Å². The van der Waals surface area contributed by atoms with Gasteiger partial charge in [-0.2, -0.15) is 4.98 Å². The van der Waals surface area contributed by atoms with Crippen LogP contribution >= 0.6 is 11.3 Å². The zero-order valence-electron chi connectivity index (χ0n) is 16.7. The molecule has 4 heterocycles. The molecule has 0 aromatic carbocycles. The lowest BCUT2D eigenvalue weighted by molar-refractivity contribution is 0.236. The Labute approximate surface area is 179 Å². The van der Waals surface area contributed by atoms with Crippen LogP contribution in [0.15, 0.2) is 48.1 Å². The number of rotatable bonds is 7. The Morgan fingerprint density at radius 2 is 2.03 bits per heavy atom. The van der Waals surface area contributed by atoms with Crippen molar-refractivity contribution in [2.75, 3.05) is 36.9 Å². The summed E-state index contributed by atoms with van der Waals surface area (Å²) in [6.07, 6.45) is 4.57. The Morgan fingerprint density at radius 3 is 2.83 bits per heavy atom. The van der Waals surface area contributed by atoms with Crippen LogP contribution in [-0.2, 0) is 0 Å². The summed E-state index contributed by atoms with van der Waals surface area (Å²) in [6.45, 7) is 6.07. The van der Waals surface area contributed by atoms with Gasteiger partial charge in [0.15, 0.2) is 0 Å². The van der Waals surface area contributed by atoms with Crippen molar-refractivity contribution in [1.82, 2.24) is 19.9 Å². The summed E-state index contributed by atoms with van der Waals surface area (Å²) in [6, 6.07) is 8.70. The van der Waals surface area contributed by atoms with Crippen molar-refractivity contribution in [3.05, 3.63) is 48.1 Å². The molecule has 1 fully saturated rings. The second-order valence-electron chi connectivity index (χ2n) is 7.07. The molecule has 156 valence electrons. The smallest absolute Gasteiger partial charge is 0.326 e. The van der Waals surface area contributed by atoms with Gasteiger partial charge < -0.3 is 9.64 Å². The molecule has 9 heteroatoms. The van der Waals surface area contributed by atoms with E-state index in [-0.39, 0.29) is 0 Å². The number of pyridine rings is 2. The van der Waals surface area contributed by atoms with Crippen LogP contribution in [0.2, 0.25) is 0 Å². The molecule has 0 aliphatic carbocycles. The van der Waals surface area contributed by atoms with Crippen molar-refractivity contribution < 1.29 is 9.53 Å². The molecule has 2 amide bonds. The molecule has 1 aliphatic heterocycles. The summed E-state index contributed by atoms with van der Waals surface area (Å²) < 4.78 is 5.85. The minimum atomic E-state index is -0.402. The highest BCUT2D eigenvalue weighted by Gasteiger charge is 2.21. The van der Waals surface area contributed by atoms with Gasteiger partial charge in [-0.15, -0.1) is 11.3 Å². The molecule has 1 unspecified atom stereocenters. The van der Waals surface area contributed by atoms with Crippen LogP contribution in [0.3, 0.4) is 0 Å². The number of urea groups is 1. The molecule has 0 bridgehead atoms. The number of nitrogens with one attached hydrogen (secondary N) is 2. The number of carbonyl (C=O) groups excluding carboxylic acids is 1. The van der Waals surface area contributed by atoms with Gasteiger partial charge in [0.25, 0.3) is 0 Å². The minimum absolute atomic E-state index is 0.402. The highest BCUT2D eigenvalue weighted by Crippen LogP contribution is 2.25. The van der Waals surface area contributed by atoms with Gasteiger partial charge in [-0.25, -0.2) is 9.78 Å². The monoisotopic (exact) mass is 424 g/mol. The standard InChI is InChI=1S/C21H24N6O2S/c1-2-27-11-8-15(12-27)13-29-19-5-3-4-17(23-19)25-21(28)26-18-14-30-20(24-18)16-6-9-22-10-7-16/h3-7,9-10,14-15H,2,8,11-13H2,1H3,(H2,23,25,26,28). The first kappa shape index (κ1) is 20.2. The first-order valence-corrected chi connectivity index (χ1v) is 10.8. The van der Waals surface area contributed by atoms with Crippen LogP contribution < -0.4 is 15.4 Å². The lowest BCUT2D eigenvalue weighted by Crippen LogP contribution is -2.22. The lowest BCUT2D eigenvalue weighted by atomic mass is 10.1. The highest BCUT2D eigenvalue weighted by molar-refractivity contribution is 7.13. The van der Waals surface area contributed by atoms with E-state index in [0.717, 1.165) is 36.6 Å². The van der Waals surface area contributed by atoms with Crippen molar-refractivity contribution >= 4 is 29.0 Å². The third kappa shape index (κ3) is 5.31. The molecule has 4 rings (SSSR count). The second-order valence-corrected chi connectivity index (χ2v) is 7.93. The fraction of sp³-hybridized carbons (Fsp3) is 0.333. The summed E-state index contributed by atoms with van der Waals surface area (Å²) >= 11 is 1.45. The first-order valence-electron chi connectivity index (χ1n) is 9.95. The summed E-state index contributed by atoms with van der Waals surface area (Å²) in [5, 5.41) is 8.07. The summed E-state index contributed by atoms with van der Waals surface area (Å²) in [4.78, 5) is 27.6. The van der Waals surface area contributed by atoms with E-state index >= 15 is 0 Å². The number of ether oxygens (including phenoxy) is 1. The number of nitrogens with zero attached hydrogens (tertiary/aromatic N) is 4. The summed E-state index contributed by atoms with van der Waals surface area (Å²) in [5.74, 6) is 1.94. The zero-order valence-corrected chi connectivity index (χ0v) is 17.6. The summed E-state index contributed by atoms with van der Waals surface area (Å²) in [5.41, 5.74) is 0.958. The third-order valence-corrected chi connectivity index (χ3v) is 5.81. The molecule has 8 nitrogen and oxygen atoms in total.